The van der Waals surface area contributed by atoms with E-state index in [2.05, 4.69) is 53.6 Å². The van der Waals surface area contributed by atoms with Crippen LogP contribution in [0.4, 0.5) is 0 Å². The van der Waals surface area contributed by atoms with Gasteiger partial charge >= 0.3 is 0 Å². The molecule has 0 unspecified atom stereocenters. The second-order valence-corrected chi connectivity index (χ2v) is 9.47. The van der Waals surface area contributed by atoms with Crippen LogP contribution in [-0.4, -0.2) is 39.9 Å². The summed E-state index contributed by atoms with van der Waals surface area (Å²) in [5.74, 6) is 0.711. The Balaban J connectivity index is 1.30. The molecular weight excluding hydrogens is 366 g/mol. The van der Waals surface area contributed by atoms with Crippen molar-refractivity contribution in [3.05, 3.63) is 52.3 Å². The lowest BCUT2D eigenvalue weighted by molar-refractivity contribution is 0.0906. The van der Waals surface area contributed by atoms with Crippen LogP contribution in [0.25, 0.3) is 10.2 Å². The molecule has 0 radical (unpaired) electrons. The van der Waals surface area contributed by atoms with Gasteiger partial charge in [-0.25, -0.2) is 4.98 Å². The molecular formula is C23H27N3OS. The van der Waals surface area contributed by atoms with E-state index in [4.69, 9.17) is 4.98 Å². The number of fused-ring (bicyclic) bond motifs is 1. The maximum absolute atomic E-state index is 13.1. The minimum atomic E-state index is 0.268. The number of rotatable bonds is 5. The number of aryl methyl sites for hydroxylation is 1. The summed E-state index contributed by atoms with van der Waals surface area (Å²) in [7, 11) is 0. The fourth-order valence-electron chi connectivity index (χ4n) is 4.71. The van der Waals surface area contributed by atoms with Crippen LogP contribution in [-0.2, 0) is 0 Å². The minimum Gasteiger partial charge on any atom is -0.345 e. The van der Waals surface area contributed by atoms with Crippen molar-refractivity contribution < 1.29 is 4.79 Å². The third-order valence-corrected chi connectivity index (χ3v) is 7.43. The zero-order chi connectivity index (χ0) is 19.3. The van der Waals surface area contributed by atoms with E-state index >= 15 is 0 Å². The number of ketones is 1. The van der Waals surface area contributed by atoms with Gasteiger partial charge in [0.2, 0.25) is 0 Å². The van der Waals surface area contributed by atoms with Gasteiger partial charge in [0, 0.05) is 35.5 Å². The number of hydrogen-bond donors (Lipinski definition) is 0. The first-order valence-corrected chi connectivity index (χ1v) is 11.2. The van der Waals surface area contributed by atoms with E-state index < -0.39 is 0 Å². The largest absolute Gasteiger partial charge is 0.345 e. The number of benzene rings is 1. The van der Waals surface area contributed by atoms with Crippen molar-refractivity contribution in [1.82, 2.24) is 14.5 Å². The number of nitrogens with zero attached hydrogens (tertiary/aromatic N) is 3. The molecule has 1 saturated heterocycles. The van der Waals surface area contributed by atoms with Gasteiger partial charge in [0.1, 0.15) is 0 Å². The standard InChI is InChI=1S/C23H27N3OS/c1-15-12-19(16(2)26(15)18-9-10-18)21(27)14-25-11-5-6-17(13-25)23-24-20-7-3-4-8-22(20)28-23/h3-4,7-8,12,17-18H,5-6,9-11,13-14H2,1-2H3/t17-/m1/s1. The minimum absolute atomic E-state index is 0.268. The van der Waals surface area contributed by atoms with Crippen LogP contribution in [0.3, 0.4) is 0 Å². The molecule has 4 nitrogen and oxygen atoms in total. The summed E-state index contributed by atoms with van der Waals surface area (Å²) >= 11 is 1.81. The van der Waals surface area contributed by atoms with Gasteiger partial charge in [0.05, 0.1) is 21.8 Å². The van der Waals surface area contributed by atoms with Gasteiger partial charge in [-0.15, -0.1) is 11.3 Å². The van der Waals surface area contributed by atoms with Crippen LogP contribution in [0.2, 0.25) is 0 Å². The predicted octanol–water partition coefficient (Wildman–Crippen LogP) is 5.11. The number of aromatic nitrogens is 2. The molecule has 3 heterocycles. The van der Waals surface area contributed by atoms with E-state index in [1.54, 1.807) is 0 Å². The van der Waals surface area contributed by atoms with E-state index in [-0.39, 0.29) is 5.78 Å². The van der Waals surface area contributed by atoms with Gasteiger partial charge in [-0.05, 0) is 64.3 Å². The molecule has 0 spiro atoms. The summed E-state index contributed by atoms with van der Waals surface area (Å²) < 4.78 is 3.63. The molecule has 1 aromatic carbocycles. The number of carbonyl (C=O) groups excluding carboxylic acids is 1. The predicted molar refractivity (Wildman–Crippen MR) is 115 cm³/mol. The van der Waals surface area contributed by atoms with Crippen molar-refractivity contribution in [2.24, 2.45) is 0 Å². The Bertz CT molecular complexity index is 997. The second-order valence-electron chi connectivity index (χ2n) is 8.40. The molecule has 146 valence electrons. The highest BCUT2D eigenvalue weighted by Gasteiger charge is 2.30. The van der Waals surface area contributed by atoms with Gasteiger partial charge in [0.25, 0.3) is 0 Å². The highest BCUT2D eigenvalue weighted by Crippen LogP contribution is 2.38. The van der Waals surface area contributed by atoms with Crippen LogP contribution in [0.5, 0.6) is 0 Å². The molecule has 0 N–H and O–H groups in total. The zero-order valence-corrected chi connectivity index (χ0v) is 17.5. The van der Waals surface area contributed by atoms with Crippen molar-refractivity contribution in [1.29, 1.82) is 0 Å². The molecule has 3 aromatic rings. The average Bonchev–Trinajstić information content (AvgIpc) is 3.34. The second kappa shape index (κ2) is 7.12. The summed E-state index contributed by atoms with van der Waals surface area (Å²) in [6.45, 7) is 6.71. The third-order valence-electron chi connectivity index (χ3n) is 6.23. The topological polar surface area (TPSA) is 38.1 Å². The van der Waals surface area contributed by atoms with E-state index in [9.17, 15) is 4.79 Å². The first-order valence-electron chi connectivity index (χ1n) is 10.4. The van der Waals surface area contributed by atoms with Gasteiger partial charge < -0.3 is 4.57 Å². The number of Topliss-reactive ketones (excluding diaryl/α,β-unsaturated/α-hetero) is 1. The van der Waals surface area contributed by atoms with E-state index in [1.807, 2.05) is 11.3 Å². The van der Waals surface area contributed by atoms with Crippen LogP contribution in [0.15, 0.2) is 30.3 Å². The Morgan fingerprint density at radius 3 is 2.82 bits per heavy atom. The van der Waals surface area contributed by atoms with Gasteiger partial charge in [0.15, 0.2) is 5.78 Å². The number of carbonyl (C=O) groups is 1. The molecule has 1 atom stereocenters. The zero-order valence-electron chi connectivity index (χ0n) is 16.6. The average molecular weight is 394 g/mol. The number of para-hydroxylation sites is 1. The first kappa shape index (κ1) is 18.1. The van der Waals surface area contributed by atoms with Gasteiger partial charge in [-0.3, -0.25) is 9.69 Å². The molecule has 1 saturated carbocycles. The van der Waals surface area contributed by atoms with Crippen molar-refractivity contribution in [3.8, 4) is 0 Å². The molecule has 1 aliphatic heterocycles. The Labute approximate surface area is 170 Å². The van der Waals surface area contributed by atoms with Crippen molar-refractivity contribution in [2.75, 3.05) is 19.6 Å². The summed E-state index contributed by atoms with van der Waals surface area (Å²) in [5.41, 5.74) is 4.41. The monoisotopic (exact) mass is 393 g/mol. The highest BCUT2D eigenvalue weighted by atomic mass is 32.1. The van der Waals surface area contributed by atoms with E-state index in [1.165, 1.54) is 34.7 Å². The first-order chi connectivity index (χ1) is 13.6. The molecule has 5 rings (SSSR count). The number of hydrogen-bond acceptors (Lipinski definition) is 4. The van der Waals surface area contributed by atoms with Crippen LogP contribution >= 0.6 is 11.3 Å². The Kier molecular flexibility index (Phi) is 4.60. The molecule has 0 bridgehead atoms. The number of likely N-dealkylation sites (tertiary alicyclic amines) is 1. The van der Waals surface area contributed by atoms with E-state index in [0.29, 0.717) is 18.5 Å². The Morgan fingerprint density at radius 2 is 2.04 bits per heavy atom. The Hall–Kier alpha value is -1.98. The number of thiazole rings is 1. The van der Waals surface area contributed by atoms with Crippen molar-refractivity contribution in [2.45, 2.75) is 51.5 Å². The summed E-state index contributed by atoms with van der Waals surface area (Å²) in [4.78, 5) is 20.3. The maximum Gasteiger partial charge on any atom is 0.178 e. The fourth-order valence-corrected chi connectivity index (χ4v) is 5.80. The van der Waals surface area contributed by atoms with Crippen LogP contribution in [0.1, 0.15) is 64.4 Å². The van der Waals surface area contributed by atoms with E-state index in [0.717, 1.165) is 36.3 Å². The smallest absolute Gasteiger partial charge is 0.178 e. The summed E-state index contributed by atoms with van der Waals surface area (Å²) in [5, 5.41) is 1.23. The summed E-state index contributed by atoms with van der Waals surface area (Å²) in [6, 6.07) is 11.1. The maximum atomic E-state index is 13.1. The van der Waals surface area contributed by atoms with Gasteiger partial charge in [-0.1, -0.05) is 12.1 Å². The van der Waals surface area contributed by atoms with Gasteiger partial charge in [-0.2, -0.15) is 0 Å². The summed E-state index contributed by atoms with van der Waals surface area (Å²) in [6.07, 6.45) is 4.80. The number of piperidine rings is 1. The van der Waals surface area contributed by atoms with Crippen molar-refractivity contribution >= 4 is 27.3 Å². The highest BCUT2D eigenvalue weighted by molar-refractivity contribution is 7.18. The Morgan fingerprint density at radius 1 is 1.21 bits per heavy atom. The SMILES string of the molecule is Cc1cc(C(=O)CN2CCC[C@@H](c3nc4ccccc4s3)C2)c(C)n1C1CC1. The van der Waals surface area contributed by atoms with Crippen LogP contribution < -0.4 is 0 Å². The lowest BCUT2D eigenvalue weighted by Crippen LogP contribution is -2.38. The third kappa shape index (κ3) is 3.31. The molecule has 5 heteroatoms. The molecule has 2 aromatic heterocycles. The molecule has 0 amide bonds. The molecule has 28 heavy (non-hydrogen) atoms. The lowest BCUT2D eigenvalue weighted by atomic mass is 9.98. The molecule has 2 fully saturated rings. The quantitative estimate of drug-likeness (QED) is 0.565. The van der Waals surface area contributed by atoms with Crippen LogP contribution in [0, 0.1) is 13.8 Å². The molecule has 1 aliphatic carbocycles. The molecule has 2 aliphatic rings. The fraction of sp³-hybridized carbons (Fsp3) is 0.478. The lowest BCUT2D eigenvalue weighted by Gasteiger charge is -2.31. The van der Waals surface area contributed by atoms with Crippen molar-refractivity contribution in [3.63, 3.8) is 0 Å². The normalized spacial score (nSPS) is 20.7.